The Kier molecular flexibility index (Phi) is 8.26. The van der Waals surface area contributed by atoms with Gasteiger partial charge in [0.05, 0.1) is 5.75 Å². The van der Waals surface area contributed by atoms with E-state index in [1.165, 1.54) is 17.8 Å². The Labute approximate surface area is 176 Å². The molecule has 1 unspecified atom stereocenters. The summed E-state index contributed by atoms with van der Waals surface area (Å²) in [5.74, 6) is -0.0341. The third-order valence-electron chi connectivity index (χ3n) is 4.30. The van der Waals surface area contributed by atoms with E-state index >= 15 is 0 Å². The van der Waals surface area contributed by atoms with Gasteiger partial charge in [-0.05, 0) is 44.9 Å². The van der Waals surface area contributed by atoms with Crippen LogP contribution in [0.4, 0.5) is 4.39 Å². The Hall–Kier alpha value is -2.34. The van der Waals surface area contributed by atoms with Crippen LogP contribution in [0.2, 0.25) is 0 Å². The second-order valence-corrected chi connectivity index (χ2v) is 8.99. The maximum absolute atomic E-state index is 13.8. The Morgan fingerprint density at radius 3 is 2.31 bits per heavy atom. The number of rotatable bonds is 8. The first-order chi connectivity index (χ1) is 13.7. The van der Waals surface area contributed by atoms with Crippen LogP contribution in [0.5, 0.6) is 0 Å². The molecule has 1 atom stereocenters. The summed E-state index contributed by atoms with van der Waals surface area (Å²) >= 11 is 1.35. The van der Waals surface area contributed by atoms with Crippen molar-refractivity contribution in [2.75, 3.05) is 5.75 Å². The predicted octanol–water partition coefficient (Wildman–Crippen LogP) is 4.39. The molecule has 0 aromatic heterocycles. The van der Waals surface area contributed by atoms with Crippen molar-refractivity contribution < 1.29 is 14.0 Å². The van der Waals surface area contributed by atoms with E-state index in [-0.39, 0.29) is 28.9 Å². The standard InChI is InChI=1S/C23H29FN2O2S/c1-17(22(28)25-23(2,3)4)26(14-18-10-6-5-7-11-18)21(27)16-29-15-19-12-8-9-13-20(19)24/h5-13,17H,14-16H2,1-4H3,(H,25,28). The van der Waals surface area contributed by atoms with Gasteiger partial charge in [-0.3, -0.25) is 9.59 Å². The fourth-order valence-corrected chi connectivity index (χ4v) is 3.68. The van der Waals surface area contributed by atoms with Gasteiger partial charge in [-0.2, -0.15) is 0 Å². The van der Waals surface area contributed by atoms with Gasteiger partial charge < -0.3 is 10.2 Å². The maximum atomic E-state index is 13.8. The van der Waals surface area contributed by atoms with E-state index in [1.54, 1.807) is 30.0 Å². The molecular formula is C23H29FN2O2S. The van der Waals surface area contributed by atoms with Gasteiger partial charge in [0, 0.05) is 17.8 Å². The number of thioether (sulfide) groups is 1. The molecule has 0 radical (unpaired) electrons. The van der Waals surface area contributed by atoms with Crippen LogP contribution in [-0.4, -0.2) is 34.0 Å². The van der Waals surface area contributed by atoms with E-state index in [1.807, 2.05) is 51.1 Å². The van der Waals surface area contributed by atoms with Crippen LogP contribution < -0.4 is 5.32 Å². The number of benzene rings is 2. The lowest BCUT2D eigenvalue weighted by molar-refractivity contribution is -0.139. The Morgan fingerprint density at radius 1 is 1.07 bits per heavy atom. The fourth-order valence-electron chi connectivity index (χ4n) is 2.78. The molecule has 2 rings (SSSR count). The molecule has 2 amide bonds. The summed E-state index contributed by atoms with van der Waals surface area (Å²) in [5, 5.41) is 2.94. The number of halogens is 1. The second-order valence-electron chi connectivity index (χ2n) is 8.01. The Bertz CT molecular complexity index is 821. The minimum atomic E-state index is -0.615. The smallest absolute Gasteiger partial charge is 0.242 e. The van der Waals surface area contributed by atoms with E-state index in [0.29, 0.717) is 17.9 Å². The molecule has 4 nitrogen and oxygen atoms in total. The fraction of sp³-hybridized carbons (Fsp3) is 0.391. The second kappa shape index (κ2) is 10.4. The number of nitrogens with one attached hydrogen (secondary N) is 1. The van der Waals surface area contributed by atoms with Crippen LogP contribution in [0.25, 0.3) is 0 Å². The van der Waals surface area contributed by atoms with Crippen molar-refractivity contribution in [1.82, 2.24) is 10.2 Å². The third kappa shape index (κ3) is 7.54. The van der Waals surface area contributed by atoms with Gasteiger partial charge in [0.2, 0.25) is 11.8 Å². The lowest BCUT2D eigenvalue weighted by atomic mass is 10.1. The molecule has 0 saturated carbocycles. The number of hydrogen-bond donors (Lipinski definition) is 1. The summed E-state index contributed by atoms with van der Waals surface area (Å²) in [5.41, 5.74) is 1.14. The molecule has 0 aliphatic carbocycles. The molecule has 0 spiro atoms. The lowest BCUT2D eigenvalue weighted by Crippen LogP contribution is -2.52. The average Bonchev–Trinajstić information content (AvgIpc) is 2.66. The highest BCUT2D eigenvalue weighted by molar-refractivity contribution is 7.99. The van der Waals surface area contributed by atoms with Crippen molar-refractivity contribution in [3.63, 3.8) is 0 Å². The van der Waals surface area contributed by atoms with Gasteiger partial charge in [0.1, 0.15) is 11.9 Å². The van der Waals surface area contributed by atoms with E-state index in [2.05, 4.69) is 5.32 Å². The van der Waals surface area contributed by atoms with Gasteiger partial charge in [-0.25, -0.2) is 4.39 Å². The quantitative estimate of drug-likeness (QED) is 0.694. The molecular weight excluding hydrogens is 387 g/mol. The van der Waals surface area contributed by atoms with Crippen molar-refractivity contribution in [3.05, 3.63) is 71.5 Å². The summed E-state index contributed by atoms with van der Waals surface area (Å²) in [6.07, 6.45) is 0. The molecule has 0 saturated heterocycles. The Balaban J connectivity index is 2.07. The first-order valence-corrected chi connectivity index (χ1v) is 10.8. The molecule has 0 fully saturated rings. The number of amides is 2. The zero-order chi connectivity index (χ0) is 21.4. The van der Waals surface area contributed by atoms with Crippen molar-refractivity contribution in [1.29, 1.82) is 0 Å². The van der Waals surface area contributed by atoms with E-state index in [4.69, 9.17) is 0 Å². The first-order valence-electron chi connectivity index (χ1n) is 9.64. The number of carbonyl (C=O) groups is 2. The van der Waals surface area contributed by atoms with Crippen LogP contribution >= 0.6 is 11.8 Å². The molecule has 0 aliphatic rings. The first kappa shape index (κ1) is 22.9. The van der Waals surface area contributed by atoms with Crippen LogP contribution in [0.3, 0.4) is 0 Å². The van der Waals surface area contributed by atoms with Crippen molar-refractivity contribution in [2.45, 2.75) is 51.6 Å². The predicted molar refractivity (Wildman–Crippen MR) is 117 cm³/mol. The van der Waals surface area contributed by atoms with E-state index in [0.717, 1.165) is 5.56 Å². The lowest BCUT2D eigenvalue weighted by Gasteiger charge is -2.31. The normalized spacial score (nSPS) is 12.3. The van der Waals surface area contributed by atoms with Crippen LogP contribution in [0.1, 0.15) is 38.8 Å². The zero-order valence-electron chi connectivity index (χ0n) is 17.4. The molecule has 0 bridgehead atoms. The van der Waals surface area contributed by atoms with Gasteiger partial charge in [0.25, 0.3) is 0 Å². The van der Waals surface area contributed by atoms with Crippen LogP contribution in [0, 0.1) is 5.82 Å². The Morgan fingerprint density at radius 2 is 1.69 bits per heavy atom. The molecule has 0 heterocycles. The number of carbonyl (C=O) groups excluding carboxylic acids is 2. The highest BCUT2D eigenvalue weighted by atomic mass is 32.2. The zero-order valence-corrected chi connectivity index (χ0v) is 18.3. The van der Waals surface area contributed by atoms with Gasteiger partial charge in [-0.1, -0.05) is 48.5 Å². The minimum Gasteiger partial charge on any atom is -0.350 e. The topological polar surface area (TPSA) is 49.4 Å². The van der Waals surface area contributed by atoms with Crippen molar-refractivity contribution >= 4 is 23.6 Å². The molecule has 0 aliphatic heterocycles. The summed E-state index contributed by atoms with van der Waals surface area (Å²) in [6, 6.07) is 15.5. The van der Waals surface area contributed by atoms with Gasteiger partial charge >= 0.3 is 0 Å². The molecule has 2 aromatic rings. The van der Waals surface area contributed by atoms with E-state index < -0.39 is 6.04 Å². The van der Waals surface area contributed by atoms with Crippen LogP contribution in [-0.2, 0) is 21.9 Å². The molecule has 156 valence electrons. The monoisotopic (exact) mass is 416 g/mol. The summed E-state index contributed by atoms with van der Waals surface area (Å²) in [4.78, 5) is 27.2. The third-order valence-corrected chi connectivity index (χ3v) is 5.27. The van der Waals surface area contributed by atoms with Crippen molar-refractivity contribution in [2.24, 2.45) is 0 Å². The highest BCUT2D eigenvalue weighted by Gasteiger charge is 2.28. The summed E-state index contributed by atoms with van der Waals surface area (Å²) < 4.78 is 13.8. The molecule has 1 N–H and O–H groups in total. The van der Waals surface area contributed by atoms with Crippen molar-refractivity contribution in [3.8, 4) is 0 Å². The SMILES string of the molecule is CC(C(=O)NC(C)(C)C)N(Cc1ccccc1)C(=O)CSCc1ccccc1F. The number of nitrogens with zero attached hydrogens (tertiary/aromatic N) is 1. The van der Waals surface area contributed by atoms with E-state index in [9.17, 15) is 14.0 Å². The largest absolute Gasteiger partial charge is 0.350 e. The van der Waals surface area contributed by atoms with Gasteiger partial charge in [-0.15, -0.1) is 11.8 Å². The maximum Gasteiger partial charge on any atom is 0.242 e. The summed E-state index contributed by atoms with van der Waals surface area (Å²) in [7, 11) is 0. The summed E-state index contributed by atoms with van der Waals surface area (Å²) in [6.45, 7) is 7.81. The molecule has 6 heteroatoms. The highest BCUT2D eigenvalue weighted by Crippen LogP contribution is 2.18. The van der Waals surface area contributed by atoms with Gasteiger partial charge in [0.15, 0.2) is 0 Å². The molecule has 29 heavy (non-hydrogen) atoms. The number of hydrogen-bond acceptors (Lipinski definition) is 3. The molecule has 2 aromatic carbocycles. The minimum absolute atomic E-state index is 0.147. The average molecular weight is 417 g/mol. The van der Waals surface area contributed by atoms with Crippen LogP contribution in [0.15, 0.2) is 54.6 Å².